The molecule has 0 atom stereocenters. The van der Waals surface area contributed by atoms with Gasteiger partial charge in [-0.15, -0.1) is 0 Å². The maximum absolute atomic E-state index is 9.15. The molecule has 2 aromatic carbocycles. The van der Waals surface area contributed by atoms with Gasteiger partial charge in [0.15, 0.2) is 5.65 Å². The quantitative estimate of drug-likeness (QED) is 0.631. The van der Waals surface area contributed by atoms with E-state index >= 15 is 0 Å². The van der Waals surface area contributed by atoms with Crippen LogP contribution in [0.25, 0.3) is 28.0 Å². The molecule has 0 spiro atoms. The first-order chi connectivity index (χ1) is 11.3. The van der Waals surface area contributed by atoms with Crippen molar-refractivity contribution in [3.8, 4) is 22.4 Å². The summed E-state index contributed by atoms with van der Waals surface area (Å²) in [6.07, 6.45) is 3.40. The summed E-state index contributed by atoms with van der Waals surface area (Å²) < 4.78 is 1.79. The molecule has 0 aliphatic heterocycles. The van der Waals surface area contributed by atoms with Gasteiger partial charge in [0.1, 0.15) is 0 Å². The molecule has 4 rings (SSSR count). The van der Waals surface area contributed by atoms with E-state index in [2.05, 4.69) is 34.3 Å². The molecule has 23 heavy (non-hydrogen) atoms. The summed E-state index contributed by atoms with van der Waals surface area (Å²) in [5.74, 6) is 0. The lowest BCUT2D eigenvalue weighted by Gasteiger charge is -2.08. The SMILES string of the molecule is OCc1ccc(-c2cccc(-c3ccnc4[c]cnn34)c2)cc1. The molecule has 0 aliphatic rings. The monoisotopic (exact) mass is 300 g/mol. The van der Waals surface area contributed by atoms with Gasteiger partial charge in [-0.05, 0) is 28.8 Å². The second-order valence-corrected chi connectivity index (χ2v) is 5.29. The second-order valence-electron chi connectivity index (χ2n) is 5.29. The van der Waals surface area contributed by atoms with Gasteiger partial charge in [-0.2, -0.15) is 5.10 Å². The summed E-state index contributed by atoms with van der Waals surface area (Å²) in [5, 5.41) is 13.4. The number of fused-ring (bicyclic) bond motifs is 1. The van der Waals surface area contributed by atoms with Crippen molar-refractivity contribution in [1.82, 2.24) is 14.6 Å². The summed E-state index contributed by atoms with van der Waals surface area (Å²) in [6, 6.07) is 21.2. The summed E-state index contributed by atoms with van der Waals surface area (Å²) in [6.45, 7) is 0.0606. The van der Waals surface area contributed by atoms with Gasteiger partial charge in [0, 0.05) is 11.8 Å². The molecule has 0 saturated heterocycles. The summed E-state index contributed by atoms with van der Waals surface area (Å²) in [5.41, 5.74) is 5.89. The molecule has 1 radical (unpaired) electrons. The van der Waals surface area contributed by atoms with Crippen molar-refractivity contribution in [2.24, 2.45) is 0 Å². The number of aliphatic hydroxyl groups is 1. The molecule has 0 amide bonds. The number of benzene rings is 2. The zero-order valence-electron chi connectivity index (χ0n) is 12.3. The number of hydrogen-bond acceptors (Lipinski definition) is 3. The minimum atomic E-state index is 0.0606. The molecule has 0 saturated carbocycles. The zero-order chi connectivity index (χ0) is 15.6. The van der Waals surface area contributed by atoms with Crippen molar-refractivity contribution in [2.45, 2.75) is 6.61 Å². The number of aliphatic hydroxyl groups excluding tert-OH is 1. The van der Waals surface area contributed by atoms with Crippen LogP contribution in [0.1, 0.15) is 5.56 Å². The van der Waals surface area contributed by atoms with Gasteiger partial charge in [-0.25, -0.2) is 9.50 Å². The van der Waals surface area contributed by atoms with Crippen LogP contribution >= 0.6 is 0 Å². The van der Waals surface area contributed by atoms with Crippen LogP contribution in [0.3, 0.4) is 0 Å². The van der Waals surface area contributed by atoms with Gasteiger partial charge in [-0.3, -0.25) is 0 Å². The first kappa shape index (κ1) is 13.7. The van der Waals surface area contributed by atoms with Gasteiger partial charge >= 0.3 is 0 Å². The standard InChI is InChI=1S/C19H14N3O/c23-13-14-4-6-15(7-5-14)16-2-1-3-17(12-16)18-8-10-20-19-9-11-21-22(18)19/h1-8,10-12,23H,13H2. The summed E-state index contributed by atoms with van der Waals surface area (Å²) >= 11 is 0. The molecule has 1 N–H and O–H groups in total. The second kappa shape index (κ2) is 5.66. The fourth-order valence-corrected chi connectivity index (χ4v) is 2.66. The van der Waals surface area contributed by atoms with E-state index in [1.165, 1.54) is 0 Å². The maximum atomic E-state index is 9.15. The maximum Gasteiger partial charge on any atom is 0.163 e. The molecule has 111 valence electrons. The summed E-state index contributed by atoms with van der Waals surface area (Å²) in [4.78, 5) is 4.25. The van der Waals surface area contributed by atoms with Crippen LogP contribution in [0.5, 0.6) is 0 Å². The van der Waals surface area contributed by atoms with E-state index < -0.39 is 0 Å². The predicted molar refractivity (Wildman–Crippen MR) is 88.6 cm³/mol. The lowest BCUT2D eigenvalue weighted by Crippen LogP contribution is -1.95. The third-order valence-corrected chi connectivity index (χ3v) is 3.85. The van der Waals surface area contributed by atoms with Crippen molar-refractivity contribution < 1.29 is 5.11 Å². The minimum Gasteiger partial charge on any atom is -0.392 e. The van der Waals surface area contributed by atoms with E-state index in [-0.39, 0.29) is 6.61 Å². The van der Waals surface area contributed by atoms with Crippen molar-refractivity contribution in [2.75, 3.05) is 0 Å². The lowest BCUT2D eigenvalue weighted by molar-refractivity contribution is 0.282. The Labute approximate surface area is 133 Å². The predicted octanol–water partition coefficient (Wildman–Crippen LogP) is 3.36. The van der Waals surface area contributed by atoms with Gasteiger partial charge in [0.25, 0.3) is 0 Å². The zero-order valence-corrected chi connectivity index (χ0v) is 12.3. The Bertz CT molecular complexity index is 958. The molecule has 0 aliphatic carbocycles. The molecule has 2 aromatic heterocycles. The largest absolute Gasteiger partial charge is 0.392 e. The van der Waals surface area contributed by atoms with Gasteiger partial charge in [0.2, 0.25) is 0 Å². The van der Waals surface area contributed by atoms with Crippen molar-refractivity contribution in [3.05, 3.63) is 78.6 Å². The van der Waals surface area contributed by atoms with E-state index in [0.717, 1.165) is 27.9 Å². The van der Waals surface area contributed by atoms with Crippen LogP contribution in [0.2, 0.25) is 0 Å². The molecule has 0 fully saturated rings. The third kappa shape index (κ3) is 2.49. The average molecular weight is 300 g/mol. The number of hydrogen-bond donors (Lipinski definition) is 1. The molecule has 0 unspecified atom stereocenters. The third-order valence-electron chi connectivity index (χ3n) is 3.85. The Morgan fingerprint density at radius 2 is 1.78 bits per heavy atom. The molecule has 2 heterocycles. The van der Waals surface area contributed by atoms with E-state index in [4.69, 9.17) is 5.11 Å². The smallest absolute Gasteiger partial charge is 0.163 e. The Hall–Kier alpha value is -2.98. The lowest BCUT2D eigenvalue weighted by atomic mass is 10.0. The normalized spacial score (nSPS) is 11.0. The summed E-state index contributed by atoms with van der Waals surface area (Å²) in [7, 11) is 0. The van der Waals surface area contributed by atoms with Crippen LogP contribution in [0.15, 0.2) is 67.0 Å². The Kier molecular flexibility index (Phi) is 3.37. The molecule has 4 heteroatoms. The number of aromatic nitrogens is 3. The van der Waals surface area contributed by atoms with Crippen LogP contribution in [0, 0.1) is 6.07 Å². The fourth-order valence-electron chi connectivity index (χ4n) is 2.66. The highest BCUT2D eigenvalue weighted by Gasteiger charge is 2.06. The van der Waals surface area contributed by atoms with E-state index in [0.29, 0.717) is 5.65 Å². The molecule has 4 nitrogen and oxygen atoms in total. The number of nitrogens with zero attached hydrogens (tertiary/aromatic N) is 3. The average Bonchev–Trinajstić information content (AvgIpc) is 3.10. The van der Waals surface area contributed by atoms with Gasteiger partial charge < -0.3 is 5.11 Å². The molecule has 0 bridgehead atoms. The molecular weight excluding hydrogens is 286 g/mol. The van der Waals surface area contributed by atoms with Crippen LogP contribution in [-0.4, -0.2) is 19.7 Å². The number of rotatable bonds is 3. The van der Waals surface area contributed by atoms with Crippen molar-refractivity contribution >= 4 is 5.65 Å². The van der Waals surface area contributed by atoms with Crippen LogP contribution in [-0.2, 0) is 6.61 Å². The first-order valence-electron chi connectivity index (χ1n) is 7.36. The Morgan fingerprint density at radius 1 is 0.957 bits per heavy atom. The van der Waals surface area contributed by atoms with E-state index in [1.54, 1.807) is 16.9 Å². The fraction of sp³-hybridized carbons (Fsp3) is 0.0526. The van der Waals surface area contributed by atoms with Crippen molar-refractivity contribution in [1.29, 1.82) is 0 Å². The Balaban J connectivity index is 1.80. The topological polar surface area (TPSA) is 50.4 Å². The first-order valence-corrected chi connectivity index (χ1v) is 7.36. The highest BCUT2D eigenvalue weighted by molar-refractivity contribution is 5.72. The Morgan fingerprint density at radius 3 is 2.61 bits per heavy atom. The van der Waals surface area contributed by atoms with Crippen molar-refractivity contribution in [3.63, 3.8) is 0 Å². The van der Waals surface area contributed by atoms with E-state index in [1.807, 2.05) is 36.4 Å². The van der Waals surface area contributed by atoms with Crippen LogP contribution in [0.4, 0.5) is 0 Å². The van der Waals surface area contributed by atoms with Crippen LogP contribution < -0.4 is 0 Å². The van der Waals surface area contributed by atoms with E-state index in [9.17, 15) is 0 Å². The molecule has 4 aromatic rings. The van der Waals surface area contributed by atoms with Gasteiger partial charge in [0.05, 0.1) is 24.6 Å². The minimum absolute atomic E-state index is 0.0606. The molecular formula is C19H14N3O. The van der Waals surface area contributed by atoms with Gasteiger partial charge in [-0.1, -0.05) is 42.5 Å². The highest BCUT2D eigenvalue weighted by Crippen LogP contribution is 2.26. The highest BCUT2D eigenvalue weighted by atomic mass is 16.3.